The Morgan fingerprint density at radius 3 is 2.62 bits per heavy atom. The first-order valence-electron chi connectivity index (χ1n) is 10.2. The van der Waals surface area contributed by atoms with Gasteiger partial charge in [0, 0.05) is 5.69 Å². The van der Waals surface area contributed by atoms with Gasteiger partial charge in [-0.15, -0.1) is 5.10 Å². The van der Waals surface area contributed by atoms with Crippen LogP contribution in [0.3, 0.4) is 0 Å². The molecule has 9 nitrogen and oxygen atoms in total. The number of halogens is 3. The molecule has 1 N–H and O–H groups in total. The van der Waals surface area contributed by atoms with Crippen molar-refractivity contribution in [1.82, 2.24) is 24.5 Å². The molecule has 0 atom stereocenters. The van der Waals surface area contributed by atoms with Crippen LogP contribution in [0.2, 0.25) is 0 Å². The van der Waals surface area contributed by atoms with Crippen LogP contribution in [0, 0.1) is 0 Å². The van der Waals surface area contributed by atoms with Gasteiger partial charge in [-0.2, -0.15) is 13.2 Å². The predicted molar refractivity (Wildman–Crippen MR) is 116 cm³/mol. The zero-order valence-electron chi connectivity index (χ0n) is 17.9. The standard InChI is InChI=1S/C22H19F3N6O3/c1-2-34-17-8-6-16(7-9-17)27-18(32)12-30-13-26-20-19(21(30)33)28-29-31(20)11-14-4-3-5-15(10-14)22(23,24)25/h3-10,13H,2,11-12H2,1H3,(H,27,32). The van der Waals surface area contributed by atoms with Crippen molar-refractivity contribution in [3.8, 4) is 5.75 Å². The summed E-state index contributed by atoms with van der Waals surface area (Å²) >= 11 is 0. The van der Waals surface area contributed by atoms with Gasteiger partial charge in [-0.05, 0) is 48.9 Å². The number of benzene rings is 2. The van der Waals surface area contributed by atoms with E-state index in [1.54, 1.807) is 24.3 Å². The third-order valence-corrected chi connectivity index (χ3v) is 4.84. The lowest BCUT2D eigenvalue weighted by Crippen LogP contribution is -2.28. The van der Waals surface area contributed by atoms with Crippen LogP contribution in [0.25, 0.3) is 11.2 Å². The molecule has 34 heavy (non-hydrogen) atoms. The van der Waals surface area contributed by atoms with E-state index in [-0.39, 0.29) is 24.3 Å². The molecule has 4 rings (SSSR count). The average Bonchev–Trinajstić information content (AvgIpc) is 3.20. The van der Waals surface area contributed by atoms with Gasteiger partial charge < -0.3 is 10.1 Å². The highest BCUT2D eigenvalue weighted by atomic mass is 19.4. The number of nitrogens with one attached hydrogen (secondary N) is 1. The van der Waals surface area contributed by atoms with E-state index in [0.29, 0.717) is 23.6 Å². The molecule has 0 bridgehead atoms. The molecule has 0 aliphatic heterocycles. The van der Waals surface area contributed by atoms with Crippen molar-refractivity contribution in [2.24, 2.45) is 0 Å². The Bertz CT molecular complexity index is 1380. The Hall–Kier alpha value is -4.22. The number of nitrogens with zero attached hydrogens (tertiary/aromatic N) is 5. The lowest BCUT2D eigenvalue weighted by molar-refractivity contribution is -0.137. The zero-order valence-corrected chi connectivity index (χ0v) is 17.9. The fourth-order valence-electron chi connectivity index (χ4n) is 3.28. The topological polar surface area (TPSA) is 104 Å². The van der Waals surface area contributed by atoms with Crippen LogP contribution in [0.15, 0.2) is 59.7 Å². The van der Waals surface area contributed by atoms with Gasteiger partial charge in [-0.25, -0.2) is 9.67 Å². The molecule has 0 unspecified atom stereocenters. The first-order valence-corrected chi connectivity index (χ1v) is 10.2. The van der Waals surface area contributed by atoms with Crippen LogP contribution in [-0.2, 0) is 24.1 Å². The summed E-state index contributed by atoms with van der Waals surface area (Å²) in [4.78, 5) is 29.3. The van der Waals surface area contributed by atoms with Gasteiger partial charge in [0.1, 0.15) is 18.6 Å². The third-order valence-electron chi connectivity index (χ3n) is 4.84. The minimum absolute atomic E-state index is 0.0604. The summed E-state index contributed by atoms with van der Waals surface area (Å²) in [6.07, 6.45) is -3.30. The summed E-state index contributed by atoms with van der Waals surface area (Å²) in [5, 5.41) is 10.3. The summed E-state index contributed by atoms with van der Waals surface area (Å²) in [7, 11) is 0. The quantitative estimate of drug-likeness (QED) is 0.443. The highest BCUT2D eigenvalue weighted by Crippen LogP contribution is 2.29. The molecule has 176 valence electrons. The number of fused-ring (bicyclic) bond motifs is 1. The number of ether oxygens (including phenoxy) is 1. The van der Waals surface area contributed by atoms with Crippen LogP contribution >= 0.6 is 0 Å². The lowest BCUT2D eigenvalue weighted by Gasteiger charge is -2.09. The van der Waals surface area contributed by atoms with Gasteiger partial charge in [-0.1, -0.05) is 17.3 Å². The summed E-state index contributed by atoms with van der Waals surface area (Å²) < 4.78 is 46.5. The second kappa shape index (κ2) is 9.33. The molecule has 1 amide bonds. The fourth-order valence-corrected chi connectivity index (χ4v) is 3.28. The van der Waals surface area contributed by atoms with Crippen molar-refractivity contribution in [2.75, 3.05) is 11.9 Å². The normalized spacial score (nSPS) is 11.5. The summed E-state index contributed by atoms with van der Waals surface area (Å²) in [5.41, 5.74) is -0.524. The maximum Gasteiger partial charge on any atom is 0.416 e. The first kappa shape index (κ1) is 23.0. The molecule has 0 aliphatic carbocycles. The van der Waals surface area contributed by atoms with Gasteiger partial charge in [0.15, 0.2) is 11.2 Å². The molecule has 2 aromatic heterocycles. The van der Waals surface area contributed by atoms with E-state index >= 15 is 0 Å². The third kappa shape index (κ3) is 5.05. The summed E-state index contributed by atoms with van der Waals surface area (Å²) in [5.74, 6) is 0.211. The molecule has 0 aliphatic rings. The minimum Gasteiger partial charge on any atom is -0.494 e. The Balaban J connectivity index is 1.49. The van der Waals surface area contributed by atoms with Gasteiger partial charge in [-0.3, -0.25) is 14.2 Å². The van der Waals surface area contributed by atoms with Crippen molar-refractivity contribution in [2.45, 2.75) is 26.2 Å². The van der Waals surface area contributed by atoms with Gasteiger partial charge in [0.2, 0.25) is 5.91 Å². The minimum atomic E-state index is -4.47. The summed E-state index contributed by atoms with van der Waals surface area (Å²) in [6.45, 7) is 2.02. The van der Waals surface area contributed by atoms with Crippen molar-refractivity contribution >= 4 is 22.8 Å². The Labute approximate surface area is 190 Å². The van der Waals surface area contributed by atoms with Crippen LogP contribution in [0.5, 0.6) is 5.75 Å². The van der Waals surface area contributed by atoms with E-state index in [4.69, 9.17) is 4.74 Å². The number of carbonyl (C=O) groups is 1. The van der Waals surface area contributed by atoms with Gasteiger partial charge >= 0.3 is 6.18 Å². The highest BCUT2D eigenvalue weighted by Gasteiger charge is 2.30. The van der Waals surface area contributed by atoms with Crippen LogP contribution in [-0.4, -0.2) is 37.1 Å². The van der Waals surface area contributed by atoms with Crippen LogP contribution in [0.4, 0.5) is 18.9 Å². The molecule has 4 aromatic rings. The predicted octanol–water partition coefficient (Wildman–Crippen LogP) is 3.09. The molecule has 0 radical (unpaired) electrons. The van der Waals surface area contributed by atoms with E-state index in [9.17, 15) is 22.8 Å². The van der Waals surface area contributed by atoms with Crippen molar-refractivity contribution in [3.05, 3.63) is 76.3 Å². The van der Waals surface area contributed by atoms with E-state index in [1.807, 2.05) is 6.92 Å². The molecular weight excluding hydrogens is 453 g/mol. The zero-order chi connectivity index (χ0) is 24.3. The number of aromatic nitrogens is 5. The number of hydrogen-bond acceptors (Lipinski definition) is 6. The molecular formula is C22H19F3N6O3. The van der Waals surface area contributed by atoms with Crippen molar-refractivity contribution in [3.63, 3.8) is 0 Å². The second-order valence-corrected chi connectivity index (χ2v) is 7.30. The van der Waals surface area contributed by atoms with E-state index in [0.717, 1.165) is 16.7 Å². The highest BCUT2D eigenvalue weighted by molar-refractivity contribution is 5.90. The van der Waals surface area contributed by atoms with E-state index < -0.39 is 23.2 Å². The Morgan fingerprint density at radius 2 is 1.91 bits per heavy atom. The summed E-state index contributed by atoms with van der Waals surface area (Å²) in [6, 6.07) is 11.5. The maximum absolute atomic E-state index is 13.0. The van der Waals surface area contributed by atoms with E-state index in [1.165, 1.54) is 23.1 Å². The smallest absolute Gasteiger partial charge is 0.416 e. The average molecular weight is 472 g/mol. The van der Waals surface area contributed by atoms with Crippen molar-refractivity contribution in [1.29, 1.82) is 0 Å². The number of hydrogen-bond donors (Lipinski definition) is 1. The van der Waals surface area contributed by atoms with Crippen molar-refractivity contribution < 1.29 is 22.7 Å². The number of amides is 1. The molecule has 0 fully saturated rings. The fraction of sp³-hybridized carbons (Fsp3) is 0.227. The van der Waals surface area contributed by atoms with Gasteiger partial charge in [0.05, 0.1) is 18.7 Å². The Morgan fingerprint density at radius 1 is 1.15 bits per heavy atom. The molecule has 0 saturated carbocycles. The monoisotopic (exact) mass is 472 g/mol. The second-order valence-electron chi connectivity index (χ2n) is 7.30. The van der Waals surface area contributed by atoms with Crippen LogP contribution in [0.1, 0.15) is 18.1 Å². The Kier molecular flexibility index (Phi) is 6.30. The molecule has 0 spiro atoms. The largest absolute Gasteiger partial charge is 0.494 e. The first-order chi connectivity index (χ1) is 16.2. The molecule has 2 aromatic carbocycles. The molecule has 2 heterocycles. The maximum atomic E-state index is 13.0. The number of anilines is 1. The number of alkyl halides is 3. The van der Waals surface area contributed by atoms with E-state index in [2.05, 4.69) is 20.6 Å². The number of carbonyl (C=O) groups excluding carboxylic acids is 1. The molecule has 12 heteroatoms. The van der Waals surface area contributed by atoms with Gasteiger partial charge in [0.25, 0.3) is 5.56 Å². The number of rotatable bonds is 7. The SMILES string of the molecule is CCOc1ccc(NC(=O)Cn2cnc3c(nnn3Cc3cccc(C(F)(F)F)c3)c2=O)cc1. The van der Waals surface area contributed by atoms with Crippen LogP contribution < -0.4 is 15.6 Å². The molecule has 0 saturated heterocycles. The lowest BCUT2D eigenvalue weighted by atomic mass is 10.1.